The predicted molar refractivity (Wildman–Crippen MR) is 101 cm³/mol. The normalized spacial score (nSPS) is 9.93. The number of rotatable bonds is 8. The second-order valence-corrected chi connectivity index (χ2v) is 5.95. The second kappa shape index (κ2) is 9.32. The van der Waals surface area contributed by atoms with Gasteiger partial charge in [0.15, 0.2) is 0 Å². The quantitative estimate of drug-likeness (QED) is 0.537. The third-order valence-electron chi connectivity index (χ3n) is 3.71. The molecule has 2 rings (SSSR count). The lowest BCUT2D eigenvalue weighted by atomic mass is 10.2. The SMILES string of the molecule is Cc1ccc(Nc2ncnc(N(CCC#N)CCC#N)c2[N+](=O)[O-])cc1Cl. The van der Waals surface area contributed by atoms with Gasteiger partial charge in [-0.1, -0.05) is 17.7 Å². The van der Waals surface area contributed by atoms with Gasteiger partial charge >= 0.3 is 5.69 Å². The summed E-state index contributed by atoms with van der Waals surface area (Å²) in [6.07, 6.45) is 1.48. The van der Waals surface area contributed by atoms with Crippen LogP contribution in [0.3, 0.4) is 0 Å². The molecule has 0 bridgehead atoms. The van der Waals surface area contributed by atoms with Gasteiger partial charge in [-0.05, 0) is 24.6 Å². The monoisotopic (exact) mass is 385 g/mol. The zero-order valence-electron chi connectivity index (χ0n) is 14.5. The Kier molecular flexibility index (Phi) is 6.86. The lowest BCUT2D eigenvalue weighted by molar-refractivity contribution is -0.383. The molecule has 27 heavy (non-hydrogen) atoms. The Hall–Kier alpha value is -3.43. The highest BCUT2D eigenvalue weighted by atomic mass is 35.5. The minimum Gasteiger partial charge on any atom is -0.349 e. The van der Waals surface area contributed by atoms with Crippen LogP contribution in [0.2, 0.25) is 5.02 Å². The van der Waals surface area contributed by atoms with Crippen molar-refractivity contribution >= 4 is 34.6 Å². The van der Waals surface area contributed by atoms with Crippen molar-refractivity contribution < 1.29 is 4.92 Å². The van der Waals surface area contributed by atoms with Crippen LogP contribution in [0.15, 0.2) is 24.5 Å². The summed E-state index contributed by atoms with van der Waals surface area (Å²) in [5.74, 6) is 0.0602. The molecule has 1 N–H and O–H groups in total. The molecule has 1 aromatic carbocycles. The molecule has 0 atom stereocenters. The molecule has 0 saturated heterocycles. The number of nitrogens with one attached hydrogen (secondary N) is 1. The van der Waals surface area contributed by atoms with Crippen LogP contribution >= 0.6 is 11.6 Å². The number of nitrogens with zero attached hydrogens (tertiary/aromatic N) is 6. The summed E-state index contributed by atoms with van der Waals surface area (Å²) < 4.78 is 0. The van der Waals surface area contributed by atoms with E-state index in [0.717, 1.165) is 5.56 Å². The number of hydrogen-bond donors (Lipinski definition) is 1. The Morgan fingerprint density at radius 3 is 2.48 bits per heavy atom. The van der Waals surface area contributed by atoms with E-state index < -0.39 is 4.92 Å². The van der Waals surface area contributed by atoms with Crippen molar-refractivity contribution in [2.45, 2.75) is 19.8 Å². The molecule has 138 valence electrons. The van der Waals surface area contributed by atoms with Crippen LogP contribution in [0, 0.1) is 39.7 Å². The zero-order valence-corrected chi connectivity index (χ0v) is 15.3. The van der Waals surface area contributed by atoms with E-state index in [9.17, 15) is 10.1 Å². The minimum atomic E-state index is -0.584. The van der Waals surface area contributed by atoms with Gasteiger partial charge in [0.1, 0.15) is 6.33 Å². The topological polar surface area (TPSA) is 132 Å². The molecule has 1 heterocycles. The van der Waals surface area contributed by atoms with Crippen LogP contribution in [-0.4, -0.2) is 28.0 Å². The number of halogens is 1. The average molecular weight is 386 g/mol. The largest absolute Gasteiger partial charge is 0.353 e. The van der Waals surface area contributed by atoms with E-state index in [0.29, 0.717) is 10.7 Å². The van der Waals surface area contributed by atoms with Crippen LogP contribution in [-0.2, 0) is 0 Å². The summed E-state index contributed by atoms with van der Waals surface area (Å²) in [4.78, 5) is 20.7. The molecule has 0 amide bonds. The number of hydrogen-bond acceptors (Lipinski definition) is 8. The van der Waals surface area contributed by atoms with Crippen molar-refractivity contribution in [1.29, 1.82) is 10.5 Å². The summed E-state index contributed by atoms with van der Waals surface area (Å²) in [7, 11) is 0. The third kappa shape index (κ3) is 5.03. The highest BCUT2D eigenvalue weighted by Crippen LogP contribution is 2.34. The summed E-state index contributed by atoms with van der Waals surface area (Å²) >= 11 is 6.10. The molecule has 0 radical (unpaired) electrons. The van der Waals surface area contributed by atoms with Crippen molar-refractivity contribution in [3.8, 4) is 12.1 Å². The third-order valence-corrected chi connectivity index (χ3v) is 4.11. The van der Waals surface area contributed by atoms with Gasteiger partial charge in [-0.3, -0.25) is 10.1 Å². The number of aromatic nitrogens is 2. The van der Waals surface area contributed by atoms with Crippen LogP contribution in [0.5, 0.6) is 0 Å². The molecular weight excluding hydrogens is 370 g/mol. The summed E-state index contributed by atoms with van der Waals surface area (Å²) in [6, 6.07) is 9.14. The van der Waals surface area contributed by atoms with Crippen molar-refractivity contribution in [2.75, 3.05) is 23.3 Å². The first-order chi connectivity index (χ1) is 13.0. The Morgan fingerprint density at radius 2 is 1.93 bits per heavy atom. The van der Waals surface area contributed by atoms with Crippen molar-refractivity contribution in [2.24, 2.45) is 0 Å². The molecule has 9 nitrogen and oxygen atoms in total. The van der Waals surface area contributed by atoms with Gasteiger partial charge in [0.05, 0.1) is 29.9 Å². The maximum atomic E-state index is 11.7. The summed E-state index contributed by atoms with van der Waals surface area (Å²) in [5, 5.41) is 32.8. The molecule has 0 aliphatic carbocycles. The van der Waals surface area contributed by atoms with Gasteiger partial charge < -0.3 is 10.2 Å². The highest BCUT2D eigenvalue weighted by Gasteiger charge is 2.27. The first-order valence-corrected chi connectivity index (χ1v) is 8.37. The lowest BCUT2D eigenvalue weighted by Gasteiger charge is -2.21. The molecule has 0 saturated carbocycles. The Labute approximate surface area is 161 Å². The fourth-order valence-corrected chi connectivity index (χ4v) is 2.54. The maximum Gasteiger partial charge on any atom is 0.353 e. The van der Waals surface area contributed by atoms with E-state index in [-0.39, 0.29) is 43.3 Å². The Balaban J connectivity index is 2.45. The fraction of sp³-hybridized carbons (Fsp3) is 0.294. The molecule has 0 fully saturated rings. The van der Waals surface area contributed by atoms with Gasteiger partial charge in [-0.15, -0.1) is 0 Å². The van der Waals surface area contributed by atoms with Crippen molar-refractivity contribution in [3.05, 3.63) is 45.2 Å². The van der Waals surface area contributed by atoms with Gasteiger partial charge in [0.2, 0.25) is 11.6 Å². The van der Waals surface area contributed by atoms with Crippen LogP contribution in [0.4, 0.5) is 23.0 Å². The number of benzene rings is 1. The van der Waals surface area contributed by atoms with Crippen molar-refractivity contribution in [3.63, 3.8) is 0 Å². The average Bonchev–Trinajstić information content (AvgIpc) is 2.64. The summed E-state index contributed by atoms with van der Waals surface area (Å²) in [5.41, 5.74) is 1.09. The van der Waals surface area contributed by atoms with E-state index in [1.165, 1.54) is 6.33 Å². The molecule has 0 spiro atoms. The molecule has 2 aromatic rings. The zero-order chi connectivity index (χ0) is 19.8. The number of anilines is 3. The fourth-order valence-electron chi connectivity index (χ4n) is 2.36. The molecule has 0 unspecified atom stereocenters. The predicted octanol–water partition coefficient (Wildman–Crippen LogP) is 3.72. The van der Waals surface area contributed by atoms with Crippen LogP contribution in [0.25, 0.3) is 0 Å². The number of nitro groups is 1. The first kappa shape index (κ1) is 19.9. The standard InChI is InChI=1S/C17H16ClN7O2/c1-12-4-5-13(10-14(12)18)23-16-15(25(26)27)17(22-11-21-16)24(8-2-6-19)9-3-7-20/h4-5,10-11H,2-3,8-9H2,1H3,(H,21,22,23). The van der Waals surface area contributed by atoms with Crippen LogP contribution in [0.1, 0.15) is 18.4 Å². The Morgan fingerprint density at radius 1 is 1.26 bits per heavy atom. The molecule has 1 aromatic heterocycles. The first-order valence-electron chi connectivity index (χ1n) is 7.99. The van der Waals surface area contributed by atoms with E-state index in [4.69, 9.17) is 22.1 Å². The van der Waals surface area contributed by atoms with Gasteiger partial charge in [0, 0.05) is 23.8 Å². The second-order valence-electron chi connectivity index (χ2n) is 5.54. The smallest absolute Gasteiger partial charge is 0.349 e. The molecule has 0 aliphatic rings. The summed E-state index contributed by atoms with van der Waals surface area (Å²) in [6.45, 7) is 2.28. The van der Waals surface area contributed by atoms with E-state index >= 15 is 0 Å². The number of nitriles is 2. The maximum absolute atomic E-state index is 11.7. The lowest BCUT2D eigenvalue weighted by Crippen LogP contribution is -2.27. The minimum absolute atomic E-state index is 0.00355. The molecule has 0 aliphatic heterocycles. The molecular formula is C17H16ClN7O2. The molecule has 10 heteroatoms. The van der Waals surface area contributed by atoms with Crippen molar-refractivity contribution in [1.82, 2.24) is 9.97 Å². The van der Waals surface area contributed by atoms with Gasteiger partial charge in [-0.2, -0.15) is 10.5 Å². The Bertz CT molecular complexity index is 902. The van der Waals surface area contributed by atoms with Gasteiger partial charge in [-0.25, -0.2) is 9.97 Å². The van der Waals surface area contributed by atoms with Crippen LogP contribution < -0.4 is 10.2 Å². The highest BCUT2D eigenvalue weighted by molar-refractivity contribution is 6.31. The van der Waals surface area contributed by atoms with Gasteiger partial charge in [0.25, 0.3) is 0 Å². The number of aryl methyl sites for hydroxylation is 1. The van der Waals surface area contributed by atoms with E-state index in [1.54, 1.807) is 23.1 Å². The van der Waals surface area contributed by atoms with E-state index in [2.05, 4.69) is 15.3 Å². The van der Waals surface area contributed by atoms with E-state index in [1.807, 2.05) is 19.1 Å².